The molecule has 0 radical (unpaired) electrons. The van der Waals surface area contributed by atoms with Crippen molar-refractivity contribution in [2.24, 2.45) is 0 Å². The highest BCUT2D eigenvalue weighted by atomic mass is 32.1. The van der Waals surface area contributed by atoms with Gasteiger partial charge in [-0.3, -0.25) is 0 Å². The summed E-state index contributed by atoms with van der Waals surface area (Å²) < 4.78 is 13.0. The van der Waals surface area contributed by atoms with Gasteiger partial charge in [-0.15, -0.1) is 11.3 Å². The standard InChI is InChI=1S/C19H14FN3S/c20-14-9-7-13(8-10-14)12-21-18-15-4-1-2-5-16(15)22-19(23-18)17-6-3-11-24-17/h1-11H,12H2,(H,21,22,23). The van der Waals surface area contributed by atoms with Crippen molar-refractivity contribution in [1.82, 2.24) is 9.97 Å². The van der Waals surface area contributed by atoms with Gasteiger partial charge in [0.1, 0.15) is 11.6 Å². The lowest BCUT2D eigenvalue weighted by molar-refractivity contribution is 0.627. The smallest absolute Gasteiger partial charge is 0.172 e. The maximum Gasteiger partial charge on any atom is 0.172 e. The summed E-state index contributed by atoms with van der Waals surface area (Å²) in [6.45, 7) is 0.575. The van der Waals surface area contributed by atoms with E-state index in [1.165, 1.54) is 12.1 Å². The number of nitrogens with one attached hydrogen (secondary N) is 1. The fourth-order valence-electron chi connectivity index (χ4n) is 2.52. The van der Waals surface area contributed by atoms with Crippen LogP contribution in [0.5, 0.6) is 0 Å². The van der Waals surface area contributed by atoms with Gasteiger partial charge in [-0.25, -0.2) is 14.4 Å². The highest BCUT2D eigenvalue weighted by molar-refractivity contribution is 7.13. The van der Waals surface area contributed by atoms with Crippen molar-refractivity contribution in [2.75, 3.05) is 5.32 Å². The zero-order valence-corrected chi connectivity index (χ0v) is 13.6. The van der Waals surface area contributed by atoms with Crippen molar-refractivity contribution in [3.63, 3.8) is 0 Å². The molecule has 5 heteroatoms. The first kappa shape index (κ1) is 14.8. The first-order valence-corrected chi connectivity index (χ1v) is 8.46. The van der Waals surface area contributed by atoms with E-state index in [9.17, 15) is 4.39 Å². The zero-order valence-electron chi connectivity index (χ0n) is 12.7. The molecule has 0 unspecified atom stereocenters. The van der Waals surface area contributed by atoms with E-state index < -0.39 is 0 Å². The van der Waals surface area contributed by atoms with E-state index in [2.05, 4.69) is 10.3 Å². The van der Waals surface area contributed by atoms with Crippen molar-refractivity contribution in [3.05, 3.63) is 77.4 Å². The number of nitrogens with zero attached hydrogens (tertiary/aromatic N) is 2. The van der Waals surface area contributed by atoms with Crippen LogP contribution in [-0.2, 0) is 6.54 Å². The number of aromatic nitrogens is 2. The Labute approximate surface area is 142 Å². The van der Waals surface area contributed by atoms with E-state index >= 15 is 0 Å². The van der Waals surface area contributed by atoms with Crippen LogP contribution in [0.25, 0.3) is 21.6 Å². The van der Waals surface area contributed by atoms with Crippen molar-refractivity contribution in [3.8, 4) is 10.7 Å². The summed E-state index contributed by atoms with van der Waals surface area (Å²) >= 11 is 1.61. The van der Waals surface area contributed by atoms with Gasteiger partial charge in [0.05, 0.1) is 10.4 Å². The summed E-state index contributed by atoms with van der Waals surface area (Å²) in [6.07, 6.45) is 0. The van der Waals surface area contributed by atoms with Crippen molar-refractivity contribution in [2.45, 2.75) is 6.54 Å². The van der Waals surface area contributed by atoms with Crippen LogP contribution in [0.3, 0.4) is 0 Å². The largest absolute Gasteiger partial charge is 0.365 e. The second-order valence-corrected chi connectivity index (χ2v) is 6.32. The highest BCUT2D eigenvalue weighted by Gasteiger charge is 2.09. The molecule has 2 heterocycles. The molecular weight excluding hydrogens is 321 g/mol. The van der Waals surface area contributed by atoms with E-state index in [1.807, 2.05) is 41.8 Å². The summed E-state index contributed by atoms with van der Waals surface area (Å²) in [5.74, 6) is 1.27. The molecule has 3 nitrogen and oxygen atoms in total. The average molecular weight is 335 g/mol. The van der Waals surface area contributed by atoms with Crippen LogP contribution >= 0.6 is 11.3 Å². The van der Waals surface area contributed by atoms with Crippen molar-refractivity contribution < 1.29 is 4.39 Å². The Hall–Kier alpha value is -2.79. The van der Waals surface area contributed by atoms with E-state index in [-0.39, 0.29) is 5.82 Å². The topological polar surface area (TPSA) is 37.8 Å². The van der Waals surface area contributed by atoms with E-state index in [0.29, 0.717) is 12.4 Å². The first-order chi connectivity index (χ1) is 11.8. The molecule has 0 aliphatic carbocycles. The molecule has 0 atom stereocenters. The van der Waals surface area contributed by atoms with Crippen LogP contribution in [0, 0.1) is 5.82 Å². The summed E-state index contributed by atoms with van der Waals surface area (Å²) in [4.78, 5) is 10.4. The molecule has 0 amide bonds. The molecule has 0 saturated carbocycles. The van der Waals surface area contributed by atoms with Gasteiger partial charge in [0, 0.05) is 11.9 Å². The maximum atomic E-state index is 13.0. The molecule has 0 saturated heterocycles. The van der Waals surface area contributed by atoms with E-state index in [4.69, 9.17) is 4.98 Å². The van der Waals surface area contributed by atoms with E-state index in [1.54, 1.807) is 23.5 Å². The van der Waals surface area contributed by atoms with Gasteiger partial charge in [0.25, 0.3) is 0 Å². The minimum absolute atomic E-state index is 0.230. The van der Waals surface area contributed by atoms with Gasteiger partial charge in [0.2, 0.25) is 0 Å². The van der Waals surface area contributed by atoms with Crippen molar-refractivity contribution in [1.29, 1.82) is 0 Å². The summed E-state index contributed by atoms with van der Waals surface area (Å²) in [5, 5.41) is 6.34. The van der Waals surface area contributed by atoms with Gasteiger partial charge in [-0.2, -0.15) is 0 Å². The SMILES string of the molecule is Fc1ccc(CNc2nc(-c3cccs3)nc3ccccc23)cc1. The van der Waals surface area contributed by atoms with Crippen LogP contribution in [0.1, 0.15) is 5.56 Å². The second kappa shape index (κ2) is 6.37. The number of rotatable bonds is 4. The predicted octanol–water partition coefficient (Wildman–Crippen LogP) is 5.11. The predicted molar refractivity (Wildman–Crippen MR) is 96.6 cm³/mol. The lowest BCUT2D eigenvalue weighted by atomic mass is 10.2. The number of fused-ring (bicyclic) bond motifs is 1. The summed E-state index contributed by atoms with van der Waals surface area (Å²) in [7, 11) is 0. The van der Waals surface area contributed by atoms with Gasteiger partial charge < -0.3 is 5.32 Å². The van der Waals surface area contributed by atoms with Gasteiger partial charge in [-0.05, 0) is 41.3 Å². The third-order valence-electron chi connectivity index (χ3n) is 3.72. The number of benzene rings is 2. The lowest BCUT2D eigenvalue weighted by Crippen LogP contribution is -2.04. The quantitative estimate of drug-likeness (QED) is 0.563. The molecule has 118 valence electrons. The Kier molecular flexibility index (Phi) is 3.92. The van der Waals surface area contributed by atoms with Gasteiger partial charge in [-0.1, -0.05) is 30.3 Å². The molecule has 0 aliphatic rings. The number of anilines is 1. The van der Waals surface area contributed by atoms with Gasteiger partial charge >= 0.3 is 0 Å². The Morgan fingerprint density at radius 3 is 2.54 bits per heavy atom. The average Bonchev–Trinajstić information content (AvgIpc) is 3.15. The Morgan fingerprint density at radius 2 is 1.75 bits per heavy atom. The van der Waals surface area contributed by atoms with Crippen LogP contribution in [0.4, 0.5) is 10.2 Å². The maximum absolute atomic E-state index is 13.0. The first-order valence-electron chi connectivity index (χ1n) is 7.58. The molecule has 0 aliphatic heterocycles. The molecule has 0 fully saturated rings. The normalized spacial score (nSPS) is 10.9. The van der Waals surface area contributed by atoms with Crippen LogP contribution < -0.4 is 5.32 Å². The summed E-state index contributed by atoms with van der Waals surface area (Å²) in [6, 6.07) is 18.4. The fraction of sp³-hybridized carbons (Fsp3) is 0.0526. The minimum atomic E-state index is -0.230. The number of halogens is 1. The lowest BCUT2D eigenvalue weighted by Gasteiger charge is -2.10. The molecule has 24 heavy (non-hydrogen) atoms. The second-order valence-electron chi connectivity index (χ2n) is 5.37. The third-order valence-corrected chi connectivity index (χ3v) is 4.58. The number of hydrogen-bond donors (Lipinski definition) is 1. The molecule has 0 spiro atoms. The Bertz CT molecular complexity index is 966. The Morgan fingerprint density at radius 1 is 0.917 bits per heavy atom. The number of thiophene rings is 1. The third kappa shape index (κ3) is 2.98. The molecule has 2 aromatic heterocycles. The fourth-order valence-corrected chi connectivity index (χ4v) is 3.17. The molecule has 2 aromatic carbocycles. The molecule has 0 bridgehead atoms. The zero-order chi connectivity index (χ0) is 16.4. The number of hydrogen-bond acceptors (Lipinski definition) is 4. The van der Waals surface area contributed by atoms with Crippen LogP contribution in [-0.4, -0.2) is 9.97 Å². The summed E-state index contributed by atoms with van der Waals surface area (Å²) in [5.41, 5.74) is 1.90. The van der Waals surface area contributed by atoms with Crippen LogP contribution in [0.2, 0.25) is 0 Å². The molecule has 4 aromatic rings. The van der Waals surface area contributed by atoms with E-state index in [0.717, 1.165) is 27.2 Å². The van der Waals surface area contributed by atoms with Crippen LogP contribution in [0.15, 0.2) is 66.0 Å². The number of para-hydroxylation sites is 1. The molecule has 4 rings (SSSR count). The molecule has 1 N–H and O–H groups in total. The van der Waals surface area contributed by atoms with Crippen molar-refractivity contribution >= 4 is 28.1 Å². The Balaban J connectivity index is 1.71. The van der Waals surface area contributed by atoms with Gasteiger partial charge in [0.15, 0.2) is 5.82 Å². The molecular formula is C19H14FN3S. The monoisotopic (exact) mass is 335 g/mol. The minimum Gasteiger partial charge on any atom is -0.365 e. The highest BCUT2D eigenvalue weighted by Crippen LogP contribution is 2.27.